The normalized spacial score (nSPS) is 11.2. The standard InChI is InChI=1S/C26H43Cl2N3S/c1-2-3-4-5-6-7-8-9-10-11-12-13-14-15-16-17-20-29-26(32)31-30-22-23-18-19-24(27)21-25(23)28/h18-19,21-22H,2-17,20H2,1H3,(H2,29,31,32). The predicted octanol–water partition coefficient (Wildman–Crippen LogP) is 9.05. The maximum atomic E-state index is 6.11. The Bertz CT molecular complexity index is 637. The zero-order valence-electron chi connectivity index (χ0n) is 19.9. The lowest BCUT2D eigenvalue weighted by molar-refractivity contribution is 0.529. The van der Waals surface area contributed by atoms with Gasteiger partial charge in [0.1, 0.15) is 0 Å². The summed E-state index contributed by atoms with van der Waals surface area (Å²) < 4.78 is 0. The number of benzene rings is 1. The minimum Gasteiger partial charge on any atom is -0.361 e. The van der Waals surface area contributed by atoms with E-state index in [2.05, 4.69) is 22.8 Å². The fraction of sp³-hybridized carbons (Fsp3) is 0.692. The second-order valence-electron chi connectivity index (χ2n) is 8.60. The van der Waals surface area contributed by atoms with E-state index in [-0.39, 0.29) is 0 Å². The van der Waals surface area contributed by atoms with E-state index in [0.29, 0.717) is 15.2 Å². The molecule has 0 aliphatic carbocycles. The second kappa shape index (κ2) is 20.7. The van der Waals surface area contributed by atoms with Gasteiger partial charge in [-0.15, -0.1) is 0 Å². The largest absolute Gasteiger partial charge is 0.361 e. The number of unbranched alkanes of at least 4 members (excludes halogenated alkanes) is 15. The molecular formula is C26H43Cl2N3S. The van der Waals surface area contributed by atoms with E-state index >= 15 is 0 Å². The molecule has 0 amide bonds. The lowest BCUT2D eigenvalue weighted by Crippen LogP contribution is -2.32. The van der Waals surface area contributed by atoms with Crippen molar-refractivity contribution < 1.29 is 0 Å². The number of rotatable bonds is 19. The molecule has 3 nitrogen and oxygen atoms in total. The van der Waals surface area contributed by atoms with E-state index < -0.39 is 0 Å². The number of hydrogen-bond acceptors (Lipinski definition) is 2. The van der Waals surface area contributed by atoms with Crippen LogP contribution in [0.25, 0.3) is 0 Å². The molecule has 182 valence electrons. The smallest absolute Gasteiger partial charge is 0.186 e. The van der Waals surface area contributed by atoms with Crippen LogP contribution in [0.15, 0.2) is 23.3 Å². The van der Waals surface area contributed by atoms with Crippen molar-refractivity contribution in [2.24, 2.45) is 5.10 Å². The molecule has 0 fully saturated rings. The molecule has 6 heteroatoms. The third-order valence-electron chi connectivity index (χ3n) is 5.65. The van der Waals surface area contributed by atoms with Crippen molar-refractivity contribution in [3.05, 3.63) is 33.8 Å². The quantitative estimate of drug-likeness (QED) is 0.0861. The topological polar surface area (TPSA) is 36.4 Å². The van der Waals surface area contributed by atoms with Gasteiger partial charge >= 0.3 is 0 Å². The van der Waals surface area contributed by atoms with Crippen LogP contribution in [0.1, 0.15) is 115 Å². The summed E-state index contributed by atoms with van der Waals surface area (Å²) in [6, 6.07) is 5.30. The summed E-state index contributed by atoms with van der Waals surface area (Å²) in [5.41, 5.74) is 3.62. The molecule has 2 N–H and O–H groups in total. The molecule has 32 heavy (non-hydrogen) atoms. The van der Waals surface area contributed by atoms with Crippen LogP contribution in [-0.2, 0) is 0 Å². The van der Waals surface area contributed by atoms with Crippen LogP contribution < -0.4 is 10.7 Å². The Balaban J connectivity index is 1.84. The fourth-order valence-corrected chi connectivity index (χ4v) is 4.29. The molecule has 1 aromatic rings. The number of hydrogen-bond donors (Lipinski definition) is 2. The first-order valence-corrected chi connectivity index (χ1v) is 13.8. The summed E-state index contributed by atoms with van der Waals surface area (Å²) >= 11 is 17.2. The Morgan fingerprint density at radius 3 is 1.81 bits per heavy atom. The molecule has 1 rings (SSSR count). The third kappa shape index (κ3) is 16.7. The minimum atomic E-state index is 0.535. The highest BCUT2D eigenvalue weighted by molar-refractivity contribution is 7.80. The van der Waals surface area contributed by atoms with Crippen molar-refractivity contribution in [2.45, 2.75) is 110 Å². The van der Waals surface area contributed by atoms with Crippen molar-refractivity contribution >= 4 is 46.7 Å². The number of nitrogens with zero attached hydrogens (tertiary/aromatic N) is 1. The van der Waals surface area contributed by atoms with Crippen LogP contribution in [0.5, 0.6) is 0 Å². The minimum absolute atomic E-state index is 0.535. The zero-order chi connectivity index (χ0) is 23.3. The van der Waals surface area contributed by atoms with E-state index in [4.69, 9.17) is 35.4 Å². The molecule has 0 radical (unpaired) electrons. The first kappa shape index (κ1) is 29.2. The van der Waals surface area contributed by atoms with Gasteiger partial charge in [-0.1, -0.05) is 133 Å². The Morgan fingerprint density at radius 1 is 0.812 bits per heavy atom. The van der Waals surface area contributed by atoms with Crippen LogP contribution in [0.4, 0.5) is 0 Å². The summed E-state index contributed by atoms with van der Waals surface area (Å²) in [6.07, 6.45) is 23.7. The van der Waals surface area contributed by atoms with Crippen LogP contribution in [0.3, 0.4) is 0 Å². The molecule has 0 aliphatic rings. The molecule has 1 aromatic carbocycles. The molecule has 0 spiro atoms. The van der Waals surface area contributed by atoms with Crippen molar-refractivity contribution in [3.63, 3.8) is 0 Å². The van der Waals surface area contributed by atoms with Gasteiger partial charge in [0.25, 0.3) is 0 Å². The van der Waals surface area contributed by atoms with Gasteiger partial charge in [-0.3, -0.25) is 5.43 Å². The molecular weight excluding hydrogens is 457 g/mol. The highest BCUT2D eigenvalue weighted by atomic mass is 35.5. The van der Waals surface area contributed by atoms with Crippen molar-refractivity contribution in [3.8, 4) is 0 Å². The van der Waals surface area contributed by atoms with Gasteiger partial charge in [-0.2, -0.15) is 5.10 Å². The highest BCUT2D eigenvalue weighted by Crippen LogP contribution is 2.19. The summed E-state index contributed by atoms with van der Waals surface area (Å²) in [5.74, 6) is 0. The number of nitrogens with one attached hydrogen (secondary N) is 2. The van der Waals surface area contributed by atoms with E-state index in [1.54, 1.807) is 18.3 Å². The zero-order valence-corrected chi connectivity index (χ0v) is 22.3. The molecule has 0 heterocycles. The van der Waals surface area contributed by atoms with Crippen LogP contribution >= 0.6 is 35.4 Å². The van der Waals surface area contributed by atoms with Crippen molar-refractivity contribution in [1.82, 2.24) is 10.7 Å². The van der Waals surface area contributed by atoms with Gasteiger partial charge in [0, 0.05) is 17.1 Å². The lowest BCUT2D eigenvalue weighted by Gasteiger charge is -2.07. The van der Waals surface area contributed by atoms with Gasteiger partial charge in [-0.05, 0) is 30.8 Å². The first-order valence-electron chi connectivity index (χ1n) is 12.7. The van der Waals surface area contributed by atoms with E-state index in [9.17, 15) is 0 Å². The molecule has 0 atom stereocenters. The molecule has 0 saturated carbocycles. The van der Waals surface area contributed by atoms with Gasteiger partial charge in [-0.25, -0.2) is 0 Å². The number of thiocarbonyl (C=S) groups is 1. The molecule has 0 aliphatic heterocycles. The van der Waals surface area contributed by atoms with Crippen LogP contribution in [-0.4, -0.2) is 17.9 Å². The fourth-order valence-electron chi connectivity index (χ4n) is 3.68. The Kier molecular flexibility index (Phi) is 18.9. The maximum absolute atomic E-state index is 6.11. The Labute approximate surface area is 212 Å². The van der Waals surface area contributed by atoms with Gasteiger partial charge in [0.05, 0.1) is 11.2 Å². The van der Waals surface area contributed by atoms with Gasteiger partial charge in [0.15, 0.2) is 5.11 Å². The first-order chi connectivity index (χ1) is 15.6. The summed E-state index contributed by atoms with van der Waals surface area (Å²) in [5, 5.41) is 9.02. The second-order valence-corrected chi connectivity index (χ2v) is 9.85. The Morgan fingerprint density at radius 2 is 1.31 bits per heavy atom. The molecule has 0 saturated heterocycles. The monoisotopic (exact) mass is 499 g/mol. The lowest BCUT2D eigenvalue weighted by atomic mass is 10.0. The molecule has 0 unspecified atom stereocenters. The predicted molar refractivity (Wildman–Crippen MR) is 147 cm³/mol. The third-order valence-corrected chi connectivity index (χ3v) is 6.45. The van der Waals surface area contributed by atoms with Crippen LogP contribution in [0, 0.1) is 0 Å². The highest BCUT2D eigenvalue weighted by Gasteiger charge is 1.99. The van der Waals surface area contributed by atoms with E-state index in [1.807, 2.05) is 6.07 Å². The van der Waals surface area contributed by atoms with Crippen molar-refractivity contribution in [2.75, 3.05) is 6.54 Å². The Hall–Kier alpha value is -0.840. The van der Waals surface area contributed by atoms with E-state index in [0.717, 1.165) is 18.5 Å². The van der Waals surface area contributed by atoms with E-state index in [1.165, 1.54) is 96.3 Å². The average Bonchev–Trinajstić information content (AvgIpc) is 2.77. The number of halogens is 2. The van der Waals surface area contributed by atoms with Gasteiger partial charge < -0.3 is 5.32 Å². The summed E-state index contributed by atoms with van der Waals surface area (Å²) in [7, 11) is 0. The molecule has 0 aromatic heterocycles. The maximum Gasteiger partial charge on any atom is 0.186 e. The SMILES string of the molecule is CCCCCCCCCCCCCCCCCCNC(=S)NN=Cc1ccc(Cl)cc1Cl. The van der Waals surface area contributed by atoms with Crippen molar-refractivity contribution in [1.29, 1.82) is 0 Å². The van der Waals surface area contributed by atoms with Crippen LogP contribution in [0.2, 0.25) is 10.0 Å². The summed E-state index contributed by atoms with van der Waals surface area (Å²) in [6.45, 7) is 3.16. The van der Waals surface area contributed by atoms with Gasteiger partial charge in [0.2, 0.25) is 0 Å². The summed E-state index contributed by atoms with van der Waals surface area (Å²) in [4.78, 5) is 0. The number of hydrazone groups is 1. The average molecular weight is 501 g/mol. The molecule has 0 bridgehead atoms.